The van der Waals surface area contributed by atoms with Gasteiger partial charge in [0.15, 0.2) is 0 Å². The Morgan fingerprint density at radius 1 is 0.640 bits per heavy atom. The van der Waals surface area contributed by atoms with Crippen LogP contribution in [0.4, 0.5) is 11.4 Å². The lowest BCUT2D eigenvalue weighted by Gasteiger charge is -2.18. The van der Waals surface area contributed by atoms with Crippen LogP contribution in [0.25, 0.3) is 0 Å². The fourth-order valence-corrected chi connectivity index (χ4v) is 2.72. The second-order valence-corrected chi connectivity index (χ2v) is 5.29. The lowest BCUT2D eigenvalue weighted by atomic mass is 10.1. The van der Waals surface area contributed by atoms with E-state index in [2.05, 4.69) is 9.47 Å². The standard InChI is InChI=1S/C17H7NO7/c19-7-18(8-1-3-10-12(5-8)16(22)24-14(10)20)9-2-4-11-13(6-9)17(23)25-15(11)21/h1-7H. The maximum atomic E-state index is 11.7. The molecule has 2 heterocycles. The van der Waals surface area contributed by atoms with E-state index in [0.29, 0.717) is 6.41 Å². The van der Waals surface area contributed by atoms with E-state index in [4.69, 9.17) is 0 Å². The SMILES string of the molecule is O=CN(c1ccc2c(c1)C(=O)OC2=O)c1ccc2c(c1)C(=O)OC2=O. The van der Waals surface area contributed by atoms with Gasteiger partial charge in [-0.25, -0.2) is 19.2 Å². The Hall–Kier alpha value is -3.81. The molecule has 0 spiro atoms. The Morgan fingerprint density at radius 3 is 1.44 bits per heavy atom. The summed E-state index contributed by atoms with van der Waals surface area (Å²) in [6.07, 6.45) is 0.480. The summed E-state index contributed by atoms with van der Waals surface area (Å²) in [6, 6.07) is 8.36. The number of nitrogens with zero attached hydrogens (tertiary/aromatic N) is 1. The van der Waals surface area contributed by atoms with E-state index in [1.165, 1.54) is 36.4 Å². The molecule has 8 heteroatoms. The number of fused-ring (bicyclic) bond motifs is 2. The molecule has 0 unspecified atom stereocenters. The van der Waals surface area contributed by atoms with Gasteiger partial charge < -0.3 is 9.47 Å². The summed E-state index contributed by atoms with van der Waals surface area (Å²) in [5, 5.41) is 0. The van der Waals surface area contributed by atoms with Gasteiger partial charge >= 0.3 is 23.9 Å². The Bertz CT molecular complexity index is 931. The molecule has 0 saturated carbocycles. The first-order valence-corrected chi connectivity index (χ1v) is 7.05. The molecule has 0 saturated heterocycles. The zero-order valence-corrected chi connectivity index (χ0v) is 12.3. The molecule has 1 amide bonds. The number of hydrogen-bond donors (Lipinski definition) is 0. The van der Waals surface area contributed by atoms with Gasteiger partial charge in [0, 0.05) is 11.4 Å². The van der Waals surface area contributed by atoms with Crippen LogP contribution >= 0.6 is 0 Å². The molecule has 0 N–H and O–H groups in total. The minimum absolute atomic E-state index is 0.0464. The van der Waals surface area contributed by atoms with Crippen molar-refractivity contribution in [3.8, 4) is 0 Å². The molecule has 2 aliphatic heterocycles. The third kappa shape index (κ3) is 2.12. The fraction of sp³-hybridized carbons (Fsp3) is 0. The van der Waals surface area contributed by atoms with Gasteiger partial charge in [-0.2, -0.15) is 0 Å². The molecular weight excluding hydrogens is 330 g/mol. The minimum Gasteiger partial charge on any atom is -0.386 e. The number of amides is 1. The summed E-state index contributed by atoms with van der Waals surface area (Å²) < 4.78 is 9.02. The molecular formula is C17H7NO7. The molecule has 25 heavy (non-hydrogen) atoms. The van der Waals surface area contributed by atoms with E-state index in [1.807, 2.05) is 0 Å². The number of carbonyl (C=O) groups is 5. The van der Waals surface area contributed by atoms with Gasteiger partial charge in [-0.1, -0.05) is 0 Å². The summed E-state index contributed by atoms with van der Waals surface area (Å²) in [7, 11) is 0. The van der Waals surface area contributed by atoms with Crippen LogP contribution in [0.2, 0.25) is 0 Å². The first-order valence-electron chi connectivity index (χ1n) is 7.05. The number of carbonyl (C=O) groups excluding carboxylic acids is 5. The van der Waals surface area contributed by atoms with Crippen molar-refractivity contribution < 1.29 is 33.4 Å². The molecule has 0 fully saturated rings. The highest BCUT2D eigenvalue weighted by Crippen LogP contribution is 2.32. The van der Waals surface area contributed by atoms with Gasteiger partial charge in [0.2, 0.25) is 6.41 Å². The van der Waals surface area contributed by atoms with E-state index >= 15 is 0 Å². The van der Waals surface area contributed by atoms with Crippen LogP contribution < -0.4 is 4.90 Å². The molecule has 2 aliphatic rings. The highest BCUT2D eigenvalue weighted by Gasteiger charge is 2.32. The van der Waals surface area contributed by atoms with Crippen LogP contribution in [0.15, 0.2) is 36.4 Å². The zero-order valence-electron chi connectivity index (χ0n) is 12.3. The predicted molar refractivity (Wildman–Crippen MR) is 80.6 cm³/mol. The van der Waals surface area contributed by atoms with Crippen LogP contribution in [0.1, 0.15) is 41.4 Å². The van der Waals surface area contributed by atoms with E-state index in [0.717, 1.165) is 4.90 Å². The number of esters is 4. The van der Waals surface area contributed by atoms with Crippen molar-refractivity contribution in [1.29, 1.82) is 0 Å². The van der Waals surface area contributed by atoms with Gasteiger partial charge in [0.1, 0.15) is 0 Å². The summed E-state index contributed by atoms with van der Waals surface area (Å²) in [5.41, 5.74) is 0.900. The van der Waals surface area contributed by atoms with Crippen molar-refractivity contribution in [3.63, 3.8) is 0 Å². The summed E-state index contributed by atoms with van der Waals surface area (Å²) in [5.74, 6) is -3.09. The molecule has 0 aliphatic carbocycles. The second-order valence-electron chi connectivity index (χ2n) is 5.29. The van der Waals surface area contributed by atoms with Gasteiger partial charge in [-0.3, -0.25) is 9.69 Å². The quantitative estimate of drug-likeness (QED) is 0.475. The maximum absolute atomic E-state index is 11.7. The molecule has 0 atom stereocenters. The minimum atomic E-state index is -0.796. The maximum Gasteiger partial charge on any atom is 0.346 e. The second kappa shape index (κ2) is 5.10. The van der Waals surface area contributed by atoms with E-state index in [9.17, 15) is 24.0 Å². The van der Waals surface area contributed by atoms with Crippen molar-refractivity contribution in [3.05, 3.63) is 58.7 Å². The predicted octanol–water partition coefficient (Wildman–Crippen LogP) is 1.60. The average molecular weight is 337 g/mol. The van der Waals surface area contributed by atoms with Crippen molar-refractivity contribution in [2.45, 2.75) is 0 Å². The monoisotopic (exact) mass is 337 g/mol. The van der Waals surface area contributed by atoms with Crippen molar-refractivity contribution in [1.82, 2.24) is 0 Å². The van der Waals surface area contributed by atoms with Crippen LogP contribution in [0, 0.1) is 0 Å². The molecule has 0 aromatic heterocycles. The smallest absolute Gasteiger partial charge is 0.346 e. The van der Waals surface area contributed by atoms with E-state index in [-0.39, 0.29) is 33.6 Å². The van der Waals surface area contributed by atoms with Crippen molar-refractivity contribution >= 4 is 41.7 Å². The van der Waals surface area contributed by atoms with Crippen LogP contribution in [-0.2, 0) is 14.3 Å². The number of rotatable bonds is 3. The third-order valence-corrected chi connectivity index (χ3v) is 3.92. The normalized spacial score (nSPS) is 14.7. The van der Waals surface area contributed by atoms with Crippen molar-refractivity contribution in [2.75, 3.05) is 4.90 Å². The lowest BCUT2D eigenvalue weighted by molar-refractivity contribution is -0.106. The lowest BCUT2D eigenvalue weighted by Crippen LogP contribution is -2.15. The van der Waals surface area contributed by atoms with E-state index < -0.39 is 23.9 Å². The van der Waals surface area contributed by atoms with E-state index in [1.54, 1.807) is 0 Å². The summed E-state index contributed by atoms with van der Waals surface area (Å²) in [4.78, 5) is 59.0. The molecule has 0 radical (unpaired) electrons. The largest absolute Gasteiger partial charge is 0.386 e. The molecule has 0 bridgehead atoms. The third-order valence-electron chi connectivity index (χ3n) is 3.92. The topological polar surface area (TPSA) is 107 Å². The Kier molecular flexibility index (Phi) is 3.01. The number of anilines is 2. The fourth-order valence-electron chi connectivity index (χ4n) is 2.72. The Balaban J connectivity index is 1.79. The molecule has 122 valence electrons. The first-order chi connectivity index (χ1) is 12.0. The van der Waals surface area contributed by atoms with Gasteiger partial charge in [-0.05, 0) is 36.4 Å². The molecule has 4 rings (SSSR count). The number of hydrogen-bond acceptors (Lipinski definition) is 7. The summed E-state index contributed by atoms with van der Waals surface area (Å²) in [6.45, 7) is 0. The van der Waals surface area contributed by atoms with Crippen LogP contribution in [0.3, 0.4) is 0 Å². The Labute approximate surface area is 139 Å². The van der Waals surface area contributed by atoms with Crippen molar-refractivity contribution in [2.24, 2.45) is 0 Å². The number of cyclic esters (lactones) is 4. The van der Waals surface area contributed by atoms with Gasteiger partial charge in [0.05, 0.1) is 22.3 Å². The van der Waals surface area contributed by atoms with Gasteiger partial charge in [0.25, 0.3) is 0 Å². The zero-order chi connectivity index (χ0) is 17.7. The summed E-state index contributed by atoms with van der Waals surface area (Å²) >= 11 is 0. The van der Waals surface area contributed by atoms with Gasteiger partial charge in [-0.15, -0.1) is 0 Å². The Morgan fingerprint density at radius 2 is 1.04 bits per heavy atom. The molecule has 8 nitrogen and oxygen atoms in total. The highest BCUT2D eigenvalue weighted by atomic mass is 16.6. The van der Waals surface area contributed by atoms with Crippen LogP contribution in [0.5, 0.6) is 0 Å². The number of ether oxygens (including phenoxy) is 2. The highest BCUT2D eigenvalue weighted by molar-refractivity contribution is 6.16. The molecule has 2 aromatic carbocycles. The first kappa shape index (κ1) is 14.8. The number of benzene rings is 2. The average Bonchev–Trinajstić information content (AvgIpc) is 3.04. The van der Waals surface area contributed by atoms with Crippen LogP contribution in [-0.4, -0.2) is 30.3 Å². The molecule has 2 aromatic rings.